The third-order valence-electron chi connectivity index (χ3n) is 1.86. The summed E-state index contributed by atoms with van der Waals surface area (Å²) in [6.07, 6.45) is 1.80. The summed E-state index contributed by atoms with van der Waals surface area (Å²) in [5, 5.41) is 0. The van der Waals surface area contributed by atoms with Crippen LogP contribution in [0.15, 0.2) is 12.3 Å². The van der Waals surface area contributed by atoms with Gasteiger partial charge in [-0.1, -0.05) is 26.8 Å². The van der Waals surface area contributed by atoms with Gasteiger partial charge in [-0.05, 0) is 23.5 Å². The molecule has 1 aromatic rings. The molecule has 0 aromatic carbocycles. The number of anilines is 1. The van der Waals surface area contributed by atoms with Crippen LogP contribution in [0.3, 0.4) is 0 Å². The fraction of sp³-hybridized carbons (Fsp3) is 0.500. The first-order valence-corrected chi connectivity index (χ1v) is 4.14. The predicted molar refractivity (Wildman–Crippen MR) is 52.1 cm³/mol. The van der Waals surface area contributed by atoms with E-state index < -0.39 is 0 Å². The molecule has 0 radical (unpaired) electrons. The first-order chi connectivity index (χ1) is 5.41. The number of hydrogen-bond donors (Lipinski definition) is 1. The number of aryl methyl sites for hydroxylation is 1. The molecule has 2 heteroatoms. The van der Waals surface area contributed by atoms with Gasteiger partial charge in [0, 0.05) is 6.20 Å². The Kier molecular flexibility index (Phi) is 2.09. The summed E-state index contributed by atoms with van der Waals surface area (Å²) in [5.74, 6) is 0.646. The third kappa shape index (κ3) is 1.76. The molecule has 2 nitrogen and oxygen atoms in total. The minimum Gasteiger partial charge on any atom is -0.383 e. The van der Waals surface area contributed by atoms with Gasteiger partial charge in [-0.2, -0.15) is 0 Å². The summed E-state index contributed by atoms with van der Waals surface area (Å²) in [7, 11) is 0. The van der Waals surface area contributed by atoms with Crippen molar-refractivity contribution in [1.82, 2.24) is 4.98 Å². The number of nitrogen functional groups attached to an aromatic ring is 1. The first kappa shape index (κ1) is 9.04. The number of aromatic nitrogens is 1. The summed E-state index contributed by atoms with van der Waals surface area (Å²) in [5.41, 5.74) is 8.14. The van der Waals surface area contributed by atoms with Crippen molar-refractivity contribution in [2.24, 2.45) is 0 Å². The zero-order chi connectivity index (χ0) is 9.35. The molecule has 0 unspecified atom stereocenters. The van der Waals surface area contributed by atoms with E-state index in [1.54, 1.807) is 6.20 Å². The van der Waals surface area contributed by atoms with E-state index in [1.165, 1.54) is 0 Å². The van der Waals surface area contributed by atoms with E-state index in [1.807, 2.05) is 6.92 Å². The second kappa shape index (κ2) is 2.77. The number of hydrogen-bond acceptors (Lipinski definition) is 2. The van der Waals surface area contributed by atoms with E-state index in [2.05, 4.69) is 31.8 Å². The van der Waals surface area contributed by atoms with Gasteiger partial charge in [0.15, 0.2) is 0 Å². The Morgan fingerprint density at radius 3 is 2.33 bits per heavy atom. The van der Waals surface area contributed by atoms with Crippen LogP contribution < -0.4 is 5.73 Å². The lowest BCUT2D eigenvalue weighted by molar-refractivity contribution is 0.589. The van der Waals surface area contributed by atoms with Gasteiger partial charge in [0.1, 0.15) is 5.82 Å². The zero-order valence-electron chi connectivity index (χ0n) is 8.18. The van der Waals surface area contributed by atoms with Crippen molar-refractivity contribution >= 4 is 5.82 Å². The largest absolute Gasteiger partial charge is 0.383 e. The highest BCUT2D eigenvalue weighted by molar-refractivity contribution is 5.44. The third-order valence-corrected chi connectivity index (χ3v) is 1.86. The van der Waals surface area contributed by atoms with Gasteiger partial charge in [0.2, 0.25) is 0 Å². The minimum atomic E-state index is 0.0864. The monoisotopic (exact) mass is 164 g/mol. The van der Waals surface area contributed by atoms with Gasteiger partial charge in [0.25, 0.3) is 0 Å². The maximum atomic E-state index is 5.76. The predicted octanol–water partition coefficient (Wildman–Crippen LogP) is 2.27. The van der Waals surface area contributed by atoms with Crippen LogP contribution in [0.2, 0.25) is 0 Å². The number of rotatable bonds is 0. The molecule has 1 heterocycles. The van der Waals surface area contributed by atoms with Crippen molar-refractivity contribution in [3.63, 3.8) is 0 Å². The summed E-state index contributed by atoms with van der Waals surface area (Å²) < 4.78 is 0. The normalized spacial score (nSPS) is 11.7. The van der Waals surface area contributed by atoms with Gasteiger partial charge in [-0.3, -0.25) is 0 Å². The Bertz CT molecular complexity index is 284. The molecule has 0 saturated carbocycles. The Balaban J connectivity index is 3.23. The Morgan fingerprint density at radius 1 is 1.33 bits per heavy atom. The van der Waals surface area contributed by atoms with Crippen LogP contribution in [0.1, 0.15) is 31.9 Å². The van der Waals surface area contributed by atoms with Crippen LogP contribution in [0.5, 0.6) is 0 Å². The molecule has 1 rings (SSSR count). The molecule has 0 aliphatic carbocycles. The van der Waals surface area contributed by atoms with Crippen LogP contribution in [0.25, 0.3) is 0 Å². The molecule has 0 bridgehead atoms. The van der Waals surface area contributed by atoms with Crippen molar-refractivity contribution in [1.29, 1.82) is 0 Å². The topological polar surface area (TPSA) is 38.9 Å². The number of nitrogens with two attached hydrogens (primary N) is 1. The maximum Gasteiger partial charge on any atom is 0.127 e. The van der Waals surface area contributed by atoms with Crippen molar-refractivity contribution in [3.05, 3.63) is 23.4 Å². The van der Waals surface area contributed by atoms with E-state index in [-0.39, 0.29) is 5.41 Å². The van der Waals surface area contributed by atoms with E-state index in [4.69, 9.17) is 5.73 Å². The van der Waals surface area contributed by atoms with Gasteiger partial charge in [-0.15, -0.1) is 0 Å². The standard InChI is InChI=1S/C10H16N2/c1-7-5-8(10(2,3)4)9(11)12-6-7/h5-6H,1-4H3,(H2,11,12). The SMILES string of the molecule is Cc1cnc(N)c(C(C)(C)C)c1. The lowest BCUT2D eigenvalue weighted by Crippen LogP contribution is -2.15. The molecule has 66 valence electrons. The zero-order valence-corrected chi connectivity index (χ0v) is 8.18. The first-order valence-electron chi connectivity index (χ1n) is 4.14. The summed E-state index contributed by atoms with van der Waals surface area (Å²) in [6, 6.07) is 2.10. The lowest BCUT2D eigenvalue weighted by atomic mass is 9.87. The molecule has 2 N–H and O–H groups in total. The molecule has 1 aromatic heterocycles. The second-order valence-corrected chi connectivity index (χ2v) is 4.20. The van der Waals surface area contributed by atoms with Crippen LogP contribution in [0, 0.1) is 6.92 Å². The van der Waals surface area contributed by atoms with E-state index in [9.17, 15) is 0 Å². The molecule has 0 amide bonds. The molecule has 12 heavy (non-hydrogen) atoms. The Labute approximate surface area is 73.8 Å². The number of pyridine rings is 1. The van der Waals surface area contributed by atoms with Gasteiger partial charge in [-0.25, -0.2) is 4.98 Å². The van der Waals surface area contributed by atoms with E-state index in [0.29, 0.717) is 5.82 Å². The van der Waals surface area contributed by atoms with E-state index in [0.717, 1.165) is 11.1 Å². The van der Waals surface area contributed by atoms with Crippen molar-refractivity contribution < 1.29 is 0 Å². The lowest BCUT2D eigenvalue weighted by Gasteiger charge is -2.20. The molecule has 0 fully saturated rings. The highest BCUT2D eigenvalue weighted by atomic mass is 14.8. The fourth-order valence-electron chi connectivity index (χ4n) is 1.18. The molecule has 0 saturated heterocycles. The molecular weight excluding hydrogens is 148 g/mol. The Hall–Kier alpha value is -1.05. The highest BCUT2D eigenvalue weighted by Gasteiger charge is 2.17. The smallest absolute Gasteiger partial charge is 0.127 e. The van der Waals surface area contributed by atoms with Crippen molar-refractivity contribution in [2.75, 3.05) is 5.73 Å². The maximum absolute atomic E-state index is 5.76. The molecule has 0 aliphatic rings. The van der Waals surface area contributed by atoms with E-state index >= 15 is 0 Å². The van der Waals surface area contributed by atoms with Gasteiger partial charge in [0.05, 0.1) is 0 Å². The minimum absolute atomic E-state index is 0.0864. The molecule has 0 aliphatic heterocycles. The van der Waals surface area contributed by atoms with Gasteiger partial charge >= 0.3 is 0 Å². The van der Waals surface area contributed by atoms with Crippen LogP contribution in [-0.4, -0.2) is 4.98 Å². The average molecular weight is 164 g/mol. The summed E-state index contributed by atoms with van der Waals surface area (Å²) in [6.45, 7) is 8.45. The fourth-order valence-corrected chi connectivity index (χ4v) is 1.18. The van der Waals surface area contributed by atoms with Crippen LogP contribution in [-0.2, 0) is 5.41 Å². The second-order valence-electron chi connectivity index (χ2n) is 4.20. The van der Waals surface area contributed by atoms with Crippen molar-refractivity contribution in [2.45, 2.75) is 33.1 Å². The van der Waals surface area contributed by atoms with Crippen LogP contribution in [0.4, 0.5) is 5.82 Å². The van der Waals surface area contributed by atoms with Crippen molar-refractivity contribution in [3.8, 4) is 0 Å². The Morgan fingerprint density at radius 2 is 1.92 bits per heavy atom. The highest BCUT2D eigenvalue weighted by Crippen LogP contribution is 2.26. The number of nitrogens with zero attached hydrogens (tertiary/aromatic N) is 1. The quantitative estimate of drug-likeness (QED) is 0.638. The van der Waals surface area contributed by atoms with Crippen LogP contribution >= 0.6 is 0 Å². The average Bonchev–Trinajstić information content (AvgIpc) is 1.92. The molecule has 0 spiro atoms. The molecule has 0 atom stereocenters. The summed E-state index contributed by atoms with van der Waals surface area (Å²) >= 11 is 0. The van der Waals surface area contributed by atoms with Gasteiger partial charge < -0.3 is 5.73 Å². The summed E-state index contributed by atoms with van der Waals surface area (Å²) in [4.78, 5) is 4.12. The molecular formula is C10H16N2.